The lowest BCUT2D eigenvalue weighted by Gasteiger charge is -2.46. The van der Waals surface area contributed by atoms with Crippen LogP contribution >= 0.6 is 0 Å². The molecule has 0 unspecified atom stereocenters. The molecule has 1 aliphatic rings. The van der Waals surface area contributed by atoms with Gasteiger partial charge in [-0.3, -0.25) is 14.3 Å². The Labute approximate surface area is 275 Å². The number of carbonyl (C=O) groups is 2. The summed E-state index contributed by atoms with van der Waals surface area (Å²) in [4.78, 5) is 35.7. The number of benzene rings is 3. The summed E-state index contributed by atoms with van der Waals surface area (Å²) < 4.78 is 49.5. The van der Waals surface area contributed by atoms with Crippen LogP contribution in [0.4, 0.5) is 13.2 Å². The molecule has 1 aliphatic carbocycles. The molecular weight excluding hydrogens is 621 g/mol. The summed E-state index contributed by atoms with van der Waals surface area (Å²) in [5, 5.41) is 6.32. The summed E-state index contributed by atoms with van der Waals surface area (Å²) in [6, 6.07) is 18.8. The number of hydrogen-bond acceptors (Lipinski definition) is 6. The van der Waals surface area contributed by atoms with Crippen LogP contribution in [0.15, 0.2) is 77.5 Å². The lowest BCUT2D eigenvalue weighted by atomic mass is 9.73. The van der Waals surface area contributed by atoms with E-state index in [4.69, 9.17) is 4.42 Å². The minimum atomic E-state index is -4.80. The van der Waals surface area contributed by atoms with E-state index in [-0.39, 0.29) is 24.6 Å². The van der Waals surface area contributed by atoms with E-state index < -0.39 is 23.9 Å². The molecule has 248 valence electrons. The quantitative estimate of drug-likeness (QED) is 0.168. The summed E-state index contributed by atoms with van der Waals surface area (Å²) in [7, 11) is 1.57. The third-order valence-electron chi connectivity index (χ3n) is 8.79. The van der Waals surface area contributed by atoms with Gasteiger partial charge in [0.15, 0.2) is 5.82 Å². The van der Waals surface area contributed by atoms with Crippen LogP contribution in [0.2, 0.25) is 0 Å². The van der Waals surface area contributed by atoms with Gasteiger partial charge in [-0.2, -0.15) is 0 Å². The molecule has 0 atom stereocenters. The Morgan fingerprint density at radius 1 is 0.979 bits per heavy atom. The molecule has 1 saturated carbocycles. The molecule has 1 fully saturated rings. The molecule has 3 aromatic carbocycles. The largest absolute Gasteiger partial charge is 0.522 e. The fourth-order valence-corrected chi connectivity index (χ4v) is 6.38. The van der Waals surface area contributed by atoms with Gasteiger partial charge in [-0.25, -0.2) is 9.97 Å². The average molecular weight is 657 g/mol. The molecule has 6 rings (SSSR count). The maximum Gasteiger partial charge on any atom is 0.522 e. The predicted molar refractivity (Wildman–Crippen MR) is 175 cm³/mol. The van der Waals surface area contributed by atoms with Crippen LogP contribution in [0.25, 0.3) is 33.4 Å². The van der Waals surface area contributed by atoms with E-state index >= 15 is 0 Å². The number of aromatic nitrogens is 2. The SMILES string of the molecule is CCCc1cc2oc(-c3ccc(C)cc3)c(C(=O)NC)c2cc1-c1ccc(C)c(C(=O)NC2(c3ncccn3)CC(OC(F)(F)F)C2)c1. The topological polar surface area (TPSA) is 106 Å². The van der Waals surface area contributed by atoms with Gasteiger partial charge in [0, 0.05) is 48.8 Å². The highest BCUT2D eigenvalue weighted by atomic mass is 19.4. The molecule has 0 spiro atoms. The molecule has 5 aromatic rings. The number of nitrogens with zero attached hydrogens (tertiary/aromatic N) is 2. The van der Waals surface area contributed by atoms with Gasteiger partial charge in [0.1, 0.15) is 16.9 Å². The van der Waals surface area contributed by atoms with E-state index in [1.54, 1.807) is 26.1 Å². The molecular formula is C37H35F3N4O4. The predicted octanol–water partition coefficient (Wildman–Crippen LogP) is 7.81. The number of fused-ring (bicyclic) bond motifs is 1. The second-order valence-corrected chi connectivity index (χ2v) is 12.2. The number of halogens is 3. The van der Waals surface area contributed by atoms with E-state index in [0.29, 0.717) is 39.8 Å². The molecule has 11 heteroatoms. The minimum Gasteiger partial charge on any atom is -0.455 e. The highest BCUT2D eigenvalue weighted by molar-refractivity contribution is 6.12. The van der Waals surface area contributed by atoms with Gasteiger partial charge in [0.2, 0.25) is 0 Å². The molecule has 0 saturated heterocycles. The first-order valence-electron chi connectivity index (χ1n) is 15.8. The molecule has 2 aromatic heterocycles. The minimum absolute atomic E-state index is 0.135. The molecule has 2 amide bonds. The molecule has 0 aliphatic heterocycles. The molecule has 48 heavy (non-hydrogen) atoms. The zero-order valence-electron chi connectivity index (χ0n) is 27.0. The molecule has 2 heterocycles. The van der Waals surface area contributed by atoms with Crippen molar-refractivity contribution in [1.82, 2.24) is 20.6 Å². The lowest BCUT2D eigenvalue weighted by molar-refractivity contribution is -0.356. The Bertz CT molecular complexity index is 1980. The van der Waals surface area contributed by atoms with Gasteiger partial charge in [-0.1, -0.05) is 55.3 Å². The van der Waals surface area contributed by atoms with Gasteiger partial charge >= 0.3 is 6.36 Å². The van der Waals surface area contributed by atoms with E-state index in [2.05, 4.69) is 32.3 Å². The van der Waals surface area contributed by atoms with Crippen LogP contribution < -0.4 is 10.6 Å². The third-order valence-corrected chi connectivity index (χ3v) is 8.79. The Hall–Kier alpha value is -5.03. The normalized spacial score (nSPS) is 17.6. The van der Waals surface area contributed by atoms with Gasteiger partial charge in [0.05, 0.1) is 11.7 Å². The van der Waals surface area contributed by atoms with Crippen molar-refractivity contribution >= 4 is 22.8 Å². The number of rotatable bonds is 9. The second-order valence-electron chi connectivity index (χ2n) is 12.2. The lowest BCUT2D eigenvalue weighted by Crippen LogP contribution is -2.59. The number of hydrogen-bond donors (Lipinski definition) is 2. The number of ether oxygens (including phenoxy) is 1. The van der Waals surface area contributed by atoms with Crippen molar-refractivity contribution < 1.29 is 31.9 Å². The highest BCUT2D eigenvalue weighted by Crippen LogP contribution is 2.44. The van der Waals surface area contributed by atoms with Crippen LogP contribution in [0.3, 0.4) is 0 Å². The summed E-state index contributed by atoms with van der Waals surface area (Å²) in [6.07, 6.45) is -1.68. The third kappa shape index (κ3) is 6.42. The number of aryl methyl sites for hydroxylation is 3. The van der Waals surface area contributed by atoms with Gasteiger partial charge in [-0.05, 0) is 66.8 Å². The molecule has 2 N–H and O–H groups in total. The van der Waals surface area contributed by atoms with E-state index in [0.717, 1.165) is 34.2 Å². The van der Waals surface area contributed by atoms with Gasteiger partial charge in [-0.15, -0.1) is 13.2 Å². The van der Waals surface area contributed by atoms with Gasteiger partial charge in [0.25, 0.3) is 11.8 Å². The number of carbonyl (C=O) groups excluding carboxylic acids is 2. The maximum atomic E-state index is 13.9. The Kier molecular flexibility index (Phi) is 8.82. The van der Waals surface area contributed by atoms with Crippen molar-refractivity contribution in [3.8, 4) is 22.5 Å². The first-order chi connectivity index (χ1) is 22.9. The zero-order chi connectivity index (χ0) is 34.2. The zero-order valence-corrected chi connectivity index (χ0v) is 27.0. The molecule has 0 bridgehead atoms. The average Bonchev–Trinajstić information content (AvgIpc) is 3.41. The van der Waals surface area contributed by atoms with Crippen LogP contribution in [0.1, 0.15) is 69.4 Å². The van der Waals surface area contributed by atoms with Crippen LogP contribution in [-0.2, 0) is 16.7 Å². The summed E-state index contributed by atoms with van der Waals surface area (Å²) >= 11 is 0. The van der Waals surface area contributed by atoms with Crippen molar-refractivity contribution in [2.24, 2.45) is 0 Å². The van der Waals surface area contributed by atoms with Crippen LogP contribution in [-0.4, -0.2) is 41.3 Å². The highest BCUT2D eigenvalue weighted by Gasteiger charge is 2.53. The van der Waals surface area contributed by atoms with Gasteiger partial charge < -0.3 is 15.1 Å². The van der Waals surface area contributed by atoms with Crippen LogP contribution in [0, 0.1) is 13.8 Å². The number of alkyl halides is 3. The fraction of sp³-hybridized carbons (Fsp3) is 0.297. The second kappa shape index (κ2) is 12.9. The monoisotopic (exact) mass is 656 g/mol. The van der Waals surface area contributed by atoms with Crippen molar-refractivity contribution in [1.29, 1.82) is 0 Å². The number of furan rings is 1. The summed E-state index contributed by atoms with van der Waals surface area (Å²) in [5.41, 5.74) is 5.21. The maximum absolute atomic E-state index is 13.9. The van der Waals surface area contributed by atoms with Crippen LogP contribution in [0.5, 0.6) is 0 Å². The number of amides is 2. The first kappa shape index (κ1) is 32.9. The molecule has 0 radical (unpaired) electrons. The number of nitrogens with one attached hydrogen (secondary N) is 2. The van der Waals surface area contributed by atoms with Crippen molar-refractivity contribution in [2.45, 2.75) is 64.5 Å². The standard InChI is InChI=1S/C37H35F3N4O4/c1-5-7-24-17-30-29(31(34(46)41-4)32(47-30)23-11-8-21(2)9-12-23)18-28(24)25-13-10-22(3)27(16-25)33(45)44-36(35-42-14-6-15-43-35)19-26(20-36)48-37(38,39)40/h6,8-18,26H,5,7,19-20H2,1-4H3,(H,41,46)(H,44,45). The Morgan fingerprint density at radius 3 is 2.31 bits per heavy atom. The Balaban J connectivity index is 1.41. The Morgan fingerprint density at radius 2 is 1.67 bits per heavy atom. The van der Waals surface area contributed by atoms with E-state index in [9.17, 15) is 22.8 Å². The van der Waals surface area contributed by atoms with Crippen molar-refractivity contribution in [3.05, 3.63) is 107 Å². The van der Waals surface area contributed by atoms with E-state index in [1.165, 1.54) is 12.4 Å². The van der Waals surface area contributed by atoms with E-state index in [1.807, 2.05) is 55.5 Å². The summed E-state index contributed by atoms with van der Waals surface area (Å²) in [6.45, 7) is 5.85. The smallest absolute Gasteiger partial charge is 0.455 e. The first-order valence-corrected chi connectivity index (χ1v) is 15.8. The molecule has 8 nitrogen and oxygen atoms in total. The summed E-state index contributed by atoms with van der Waals surface area (Å²) in [5.74, 6) is -0.0730. The van der Waals surface area contributed by atoms with Crippen molar-refractivity contribution in [3.63, 3.8) is 0 Å². The van der Waals surface area contributed by atoms with Crippen molar-refractivity contribution in [2.75, 3.05) is 7.05 Å². The fourth-order valence-electron chi connectivity index (χ4n) is 6.38.